The molecule has 1 saturated carbocycles. The van der Waals surface area contributed by atoms with Gasteiger partial charge in [-0.05, 0) is 12.8 Å². The Morgan fingerprint density at radius 2 is 1.57 bits per heavy atom. The van der Waals surface area contributed by atoms with Gasteiger partial charge in [-0.15, -0.1) is 0 Å². The molecule has 4 rings (SSSR count). The highest BCUT2D eigenvalue weighted by atomic mass is 19.1. The van der Waals surface area contributed by atoms with E-state index in [9.17, 15) is 19.1 Å². The first-order valence-corrected chi connectivity index (χ1v) is 11.2. The molecule has 2 aliphatic heterocycles. The van der Waals surface area contributed by atoms with Gasteiger partial charge >= 0.3 is 5.69 Å². The van der Waals surface area contributed by atoms with Crippen LogP contribution >= 0.6 is 0 Å². The number of rotatable bonds is 2. The molecule has 0 aromatic carbocycles. The van der Waals surface area contributed by atoms with Gasteiger partial charge in [0.1, 0.15) is 18.3 Å². The Morgan fingerprint density at radius 3 is 2.17 bits per heavy atom. The van der Waals surface area contributed by atoms with E-state index >= 15 is 0 Å². The largest absolute Gasteiger partial charge is 0.394 e. The summed E-state index contributed by atoms with van der Waals surface area (Å²) >= 11 is 0. The fourth-order valence-electron chi connectivity index (χ4n) is 4.91. The molecule has 30 heavy (non-hydrogen) atoms. The molecule has 3 fully saturated rings. The van der Waals surface area contributed by atoms with Crippen LogP contribution in [0.15, 0.2) is 15.8 Å². The number of fused-ring (bicyclic) bond motifs is 1. The maximum Gasteiger partial charge on any atom is 0.330 e. The molecule has 168 valence electrons. The summed E-state index contributed by atoms with van der Waals surface area (Å²) in [6.07, 6.45) is 9.76. The Kier molecular flexibility index (Phi) is 6.72. The second kappa shape index (κ2) is 9.30. The number of halogens is 1. The van der Waals surface area contributed by atoms with Gasteiger partial charge < -0.3 is 19.3 Å². The normalized spacial score (nSPS) is 32.5. The van der Waals surface area contributed by atoms with Crippen LogP contribution in [0, 0.1) is 5.82 Å². The number of nitrogens with zero attached hydrogens (tertiary/aromatic N) is 1. The van der Waals surface area contributed by atoms with Crippen LogP contribution < -0.4 is 11.2 Å². The van der Waals surface area contributed by atoms with Gasteiger partial charge in [0.25, 0.3) is 5.56 Å². The van der Waals surface area contributed by atoms with Crippen molar-refractivity contribution in [1.82, 2.24) is 9.55 Å². The van der Waals surface area contributed by atoms with Crippen molar-refractivity contribution in [1.29, 1.82) is 0 Å². The van der Waals surface area contributed by atoms with E-state index < -0.39 is 47.4 Å². The van der Waals surface area contributed by atoms with Crippen LogP contribution in [0.1, 0.15) is 76.9 Å². The van der Waals surface area contributed by atoms with E-state index in [1.807, 2.05) is 4.98 Å². The molecule has 1 aromatic rings. The summed E-state index contributed by atoms with van der Waals surface area (Å²) in [7, 11) is 0. The molecule has 1 spiro atoms. The van der Waals surface area contributed by atoms with E-state index in [0.717, 1.165) is 49.3 Å². The topological polar surface area (TPSA) is 103 Å². The SMILES string of the molecule is O=c1[nH]c(=O)n([C@@H]2O[C@H](CO)C3OC4(CCCCCCCCCCC4)OC32)cc1F. The molecule has 4 atom stereocenters. The van der Waals surface area contributed by atoms with Crippen molar-refractivity contribution in [2.45, 2.75) is 101 Å². The zero-order valence-electron chi connectivity index (χ0n) is 17.2. The first-order chi connectivity index (χ1) is 14.5. The second-order valence-electron chi connectivity index (χ2n) is 8.65. The average Bonchev–Trinajstić information content (AvgIpc) is 3.23. The summed E-state index contributed by atoms with van der Waals surface area (Å²) in [6, 6.07) is 0. The third-order valence-corrected chi connectivity index (χ3v) is 6.48. The fraction of sp³-hybridized carbons (Fsp3) is 0.810. The predicted molar refractivity (Wildman–Crippen MR) is 106 cm³/mol. The molecule has 0 amide bonds. The maximum atomic E-state index is 13.9. The highest BCUT2D eigenvalue weighted by Gasteiger charge is 2.58. The maximum absolute atomic E-state index is 13.9. The molecule has 0 radical (unpaired) electrons. The second-order valence-corrected chi connectivity index (χ2v) is 8.65. The van der Waals surface area contributed by atoms with E-state index in [-0.39, 0.29) is 6.61 Å². The molecule has 3 aliphatic rings. The molecule has 9 heteroatoms. The number of aliphatic hydroxyl groups excluding tert-OH is 1. The van der Waals surface area contributed by atoms with Crippen molar-refractivity contribution < 1.29 is 23.7 Å². The molecule has 3 heterocycles. The first kappa shape index (κ1) is 21.7. The molecule has 0 bridgehead atoms. The highest BCUT2D eigenvalue weighted by Crippen LogP contribution is 2.46. The fourth-order valence-corrected chi connectivity index (χ4v) is 4.91. The number of hydrogen-bond acceptors (Lipinski definition) is 6. The molecular formula is C21H31FN2O6. The molecule has 2 unspecified atom stereocenters. The number of aromatic nitrogens is 2. The van der Waals surface area contributed by atoms with Crippen molar-refractivity contribution in [3.63, 3.8) is 0 Å². The third kappa shape index (κ3) is 4.39. The lowest BCUT2D eigenvalue weighted by atomic mass is 9.97. The minimum absolute atomic E-state index is 0.308. The lowest BCUT2D eigenvalue weighted by Gasteiger charge is -2.31. The van der Waals surface area contributed by atoms with Gasteiger partial charge in [0, 0.05) is 12.8 Å². The Hall–Kier alpha value is -1.55. The third-order valence-electron chi connectivity index (χ3n) is 6.48. The summed E-state index contributed by atoms with van der Waals surface area (Å²) in [6.45, 7) is -0.308. The number of hydrogen-bond donors (Lipinski definition) is 2. The Labute approximate surface area is 174 Å². The van der Waals surface area contributed by atoms with Gasteiger partial charge in [0.15, 0.2) is 12.0 Å². The quantitative estimate of drug-likeness (QED) is 0.753. The zero-order chi connectivity index (χ0) is 21.1. The number of ether oxygens (including phenoxy) is 3. The Bertz CT molecular complexity index is 828. The van der Waals surface area contributed by atoms with Crippen LogP contribution in [-0.2, 0) is 14.2 Å². The van der Waals surface area contributed by atoms with Crippen molar-refractivity contribution in [2.75, 3.05) is 6.61 Å². The Morgan fingerprint density at radius 1 is 1.00 bits per heavy atom. The van der Waals surface area contributed by atoms with Crippen molar-refractivity contribution in [3.8, 4) is 0 Å². The summed E-state index contributed by atoms with van der Waals surface area (Å²) in [5, 5.41) is 9.80. The standard InChI is InChI=1S/C21H31FN2O6/c22-14-12-24(20(27)23-18(14)26)19-17-16(15(13-25)28-19)29-21(30-17)10-8-6-4-2-1-3-5-7-9-11-21/h12,15-17,19,25H,1-11,13H2,(H,23,26,27)/t15-,16?,17?,19-/m1/s1. The lowest BCUT2D eigenvalue weighted by Crippen LogP contribution is -2.39. The van der Waals surface area contributed by atoms with E-state index in [2.05, 4.69) is 0 Å². The van der Waals surface area contributed by atoms with Crippen LogP contribution in [0.4, 0.5) is 4.39 Å². The molecule has 1 aliphatic carbocycles. The Balaban J connectivity index is 1.58. The van der Waals surface area contributed by atoms with Gasteiger partial charge in [-0.3, -0.25) is 14.3 Å². The molecular weight excluding hydrogens is 395 g/mol. The summed E-state index contributed by atoms with van der Waals surface area (Å²) < 4.78 is 33.4. The van der Waals surface area contributed by atoms with Crippen LogP contribution in [0.5, 0.6) is 0 Å². The van der Waals surface area contributed by atoms with E-state index in [1.54, 1.807) is 0 Å². The summed E-state index contributed by atoms with van der Waals surface area (Å²) in [5.74, 6) is -1.87. The number of aromatic amines is 1. The molecule has 2 saturated heterocycles. The summed E-state index contributed by atoms with van der Waals surface area (Å²) in [5.41, 5.74) is -1.86. The van der Waals surface area contributed by atoms with Gasteiger partial charge in [-0.1, -0.05) is 44.9 Å². The van der Waals surface area contributed by atoms with Gasteiger partial charge in [0.05, 0.1) is 12.8 Å². The van der Waals surface area contributed by atoms with Crippen molar-refractivity contribution >= 4 is 0 Å². The summed E-state index contributed by atoms with van der Waals surface area (Å²) in [4.78, 5) is 25.6. The monoisotopic (exact) mass is 426 g/mol. The zero-order valence-corrected chi connectivity index (χ0v) is 17.2. The lowest BCUT2D eigenvalue weighted by molar-refractivity contribution is -0.228. The molecule has 8 nitrogen and oxygen atoms in total. The van der Waals surface area contributed by atoms with Crippen LogP contribution in [-0.4, -0.2) is 45.4 Å². The minimum Gasteiger partial charge on any atom is -0.394 e. The minimum atomic E-state index is -1.08. The van der Waals surface area contributed by atoms with Crippen molar-refractivity contribution in [3.05, 3.63) is 32.9 Å². The van der Waals surface area contributed by atoms with Gasteiger partial charge in [-0.2, -0.15) is 4.39 Å². The number of H-pyrrole nitrogens is 1. The van der Waals surface area contributed by atoms with Crippen molar-refractivity contribution in [2.24, 2.45) is 0 Å². The molecule has 2 N–H and O–H groups in total. The van der Waals surface area contributed by atoms with E-state index in [4.69, 9.17) is 14.2 Å². The predicted octanol–water partition coefficient (Wildman–Crippen LogP) is 2.35. The average molecular weight is 426 g/mol. The van der Waals surface area contributed by atoms with Crippen LogP contribution in [0.25, 0.3) is 0 Å². The van der Waals surface area contributed by atoms with E-state index in [0.29, 0.717) is 0 Å². The van der Waals surface area contributed by atoms with Crippen LogP contribution in [0.3, 0.4) is 0 Å². The highest BCUT2D eigenvalue weighted by molar-refractivity contribution is 5.00. The smallest absolute Gasteiger partial charge is 0.330 e. The molecule has 1 aromatic heterocycles. The van der Waals surface area contributed by atoms with E-state index in [1.165, 1.54) is 32.1 Å². The van der Waals surface area contributed by atoms with Gasteiger partial charge in [0.2, 0.25) is 5.82 Å². The number of aliphatic hydroxyl groups is 1. The van der Waals surface area contributed by atoms with Crippen LogP contribution in [0.2, 0.25) is 0 Å². The van der Waals surface area contributed by atoms with Gasteiger partial charge in [-0.25, -0.2) is 4.79 Å². The first-order valence-electron chi connectivity index (χ1n) is 11.2. The number of nitrogens with one attached hydrogen (secondary N) is 1.